The molecule has 1 aliphatic heterocycles. The predicted molar refractivity (Wildman–Crippen MR) is 69.6 cm³/mol. The number of ether oxygens (including phenoxy) is 4. The van der Waals surface area contributed by atoms with E-state index in [0.29, 0.717) is 17.2 Å². The number of benzene rings is 1. The average Bonchev–Trinajstić information content (AvgIpc) is 2.55. The lowest BCUT2D eigenvalue weighted by atomic mass is 10.0. The van der Waals surface area contributed by atoms with Crippen LogP contribution in [0.1, 0.15) is 24.2 Å². The Morgan fingerprint density at radius 1 is 1.05 bits per heavy atom. The smallest absolute Gasteiger partial charge is 0.331 e. The standard InChI is InChI=1S/C14H16O5/c1-8-10-7-11(16-2)14(18-4)13(17-3)9(10)5-6-12(15)19-8/h5-8H,1-4H3. The van der Waals surface area contributed by atoms with Crippen molar-refractivity contribution in [2.45, 2.75) is 13.0 Å². The van der Waals surface area contributed by atoms with Gasteiger partial charge in [-0.3, -0.25) is 0 Å². The zero-order valence-corrected chi connectivity index (χ0v) is 11.4. The maximum Gasteiger partial charge on any atom is 0.331 e. The number of carbonyl (C=O) groups is 1. The minimum atomic E-state index is -0.385. The molecule has 0 N–H and O–H groups in total. The predicted octanol–water partition coefficient (Wildman–Crippen LogP) is 2.34. The molecule has 0 spiro atoms. The van der Waals surface area contributed by atoms with Crippen LogP contribution in [0.25, 0.3) is 6.08 Å². The van der Waals surface area contributed by atoms with Gasteiger partial charge in [-0.05, 0) is 19.1 Å². The molecule has 1 aromatic carbocycles. The number of rotatable bonds is 3. The highest BCUT2D eigenvalue weighted by Crippen LogP contribution is 2.45. The lowest BCUT2D eigenvalue weighted by Crippen LogP contribution is -2.06. The van der Waals surface area contributed by atoms with E-state index in [0.717, 1.165) is 11.1 Å². The molecule has 0 bridgehead atoms. The number of cyclic esters (lactones) is 1. The van der Waals surface area contributed by atoms with E-state index >= 15 is 0 Å². The second-order valence-corrected chi connectivity index (χ2v) is 4.06. The summed E-state index contributed by atoms with van der Waals surface area (Å²) in [6.45, 7) is 1.80. The molecule has 5 heteroatoms. The van der Waals surface area contributed by atoms with E-state index in [9.17, 15) is 4.79 Å². The summed E-state index contributed by atoms with van der Waals surface area (Å²) in [6.07, 6.45) is 2.66. The Morgan fingerprint density at radius 3 is 2.32 bits per heavy atom. The van der Waals surface area contributed by atoms with Crippen LogP contribution in [-0.4, -0.2) is 27.3 Å². The van der Waals surface area contributed by atoms with Crippen molar-refractivity contribution in [1.29, 1.82) is 0 Å². The van der Waals surface area contributed by atoms with Crippen LogP contribution in [0.15, 0.2) is 12.1 Å². The fourth-order valence-electron chi connectivity index (χ4n) is 2.13. The van der Waals surface area contributed by atoms with Crippen LogP contribution >= 0.6 is 0 Å². The summed E-state index contributed by atoms with van der Waals surface area (Å²) in [5.74, 6) is 1.17. The first-order valence-electron chi connectivity index (χ1n) is 5.84. The number of esters is 1. The summed E-state index contributed by atoms with van der Waals surface area (Å²) >= 11 is 0. The molecule has 1 aliphatic rings. The fraction of sp³-hybridized carbons (Fsp3) is 0.357. The Kier molecular flexibility index (Phi) is 3.64. The molecular formula is C14H16O5. The molecule has 1 unspecified atom stereocenters. The zero-order chi connectivity index (χ0) is 14.0. The first-order chi connectivity index (χ1) is 9.12. The Bertz CT molecular complexity index is 533. The van der Waals surface area contributed by atoms with Gasteiger partial charge in [0.05, 0.1) is 21.3 Å². The molecule has 1 aromatic rings. The Labute approximate surface area is 111 Å². The van der Waals surface area contributed by atoms with Crippen LogP contribution < -0.4 is 14.2 Å². The summed E-state index contributed by atoms with van der Waals surface area (Å²) in [6, 6.07) is 1.80. The third-order valence-electron chi connectivity index (χ3n) is 3.02. The third kappa shape index (κ3) is 2.23. The number of fused-ring (bicyclic) bond motifs is 1. The number of hydrogen-bond acceptors (Lipinski definition) is 5. The van der Waals surface area contributed by atoms with Crippen molar-refractivity contribution in [3.8, 4) is 17.2 Å². The molecule has 0 radical (unpaired) electrons. The van der Waals surface area contributed by atoms with E-state index in [1.54, 1.807) is 33.3 Å². The van der Waals surface area contributed by atoms with Gasteiger partial charge in [-0.15, -0.1) is 0 Å². The summed E-state index contributed by atoms with van der Waals surface area (Å²) in [4.78, 5) is 11.5. The monoisotopic (exact) mass is 264 g/mol. The minimum Gasteiger partial charge on any atom is -0.493 e. The lowest BCUT2D eigenvalue weighted by molar-refractivity contribution is -0.142. The molecule has 0 aromatic heterocycles. The fourth-order valence-corrected chi connectivity index (χ4v) is 2.13. The molecule has 1 atom stereocenters. The maximum absolute atomic E-state index is 11.5. The molecule has 0 saturated carbocycles. The minimum absolute atomic E-state index is 0.383. The molecule has 102 valence electrons. The van der Waals surface area contributed by atoms with Gasteiger partial charge in [0.25, 0.3) is 0 Å². The molecule has 0 amide bonds. The molecule has 2 rings (SSSR count). The highest BCUT2D eigenvalue weighted by Gasteiger charge is 2.25. The highest BCUT2D eigenvalue weighted by atomic mass is 16.5. The van der Waals surface area contributed by atoms with Crippen LogP contribution in [0.4, 0.5) is 0 Å². The molecule has 1 heterocycles. The van der Waals surface area contributed by atoms with Crippen molar-refractivity contribution >= 4 is 12.0 Å². The second-order valence-electron chi connectivity index (χ2n) is 4.06. The van der Waals surface area contributed by atoms with Gasteiger partial charge in [0.2, 0.25) is 5.75 Å². The number of methoxy groups -OCH3 is 3. The average molecular weight is 264 g/mol. The normalized spacial score (nSPS) is 17.3. The van der Waals surface area contributed by atoms with E-state index in [4.69, 9.17) is 18.9 Å². The van der Waals surface area contributed by atoms with Gasteiger partial charge in [0.15, 0.2) is 11.5 Å². The van der Waals surface area contributed by atoms with Crippen LogP contribution in [0.5, 0.6) is 17.2 Å². The van der Waals surface area contributed by atoms with Gasteiger partial charge in [0, 0.05) is 17.2 Å². The van der Waals surface area contributed by atoms with Gasteiger partial charge in [-0.1, -0.05) is 0 Å². The summed E-state index contributed by atoms with van der Waals surface area (Å²) in [5, 5.41) is 0. The van der Waals surface area contributed by atoms with Gasteiger partial charge >= 0.3 is 5.97 Å². The highest BCUT2D eigenvalue weighted by molar-refractivity contribution is 5.90. The zero-order valence-electron chi connectivity index (χ0n) is 11.4. The van der Waals surface area contributed by atoms with Crippen molar-refractivity contribution in [2.75, 3.05) is 21.3 Å². The summed E-state index contributed by atoms with van der Waals surface area (Å²) in [5.41, 5.74) is 1.58. The van der Waals surface area contributed by atoms with Crippen LogP contribution in [0, 0.1) is 0 Å². The van der Waals surface area contributed by atoms with Crippen molar-refractivity contribution in [2.24, 2.45) is 0 Å². The van der Waals surface area contributed by atoms with Crippen molar-refractivity contribution in [3.05, 3.63) is 23.3 Å². The molecule has 0 saturated heterocycles. The third-order valence-corrected chi connectivity index (χ3v) is 3.02. The van der Waals surface area contributed by atoms with Gasteiger partial charge < -0.3 is 18.9 Å². The summed E-state index contributed by atoms with van der Waals surface area (Å²) in [7, 11) is 4.63. The largest absolute Gasteiger partial charge is 0.493 e. The number of hydrogen-bond donors (Lipinski definition) is 0. The van der Waals surface area contributed by atoms with E-state index in [-0.39, 0.29) is 12.1 Å². The van der Waals surface area contributed by atoms with Gasteiger partial charge in [-0.2, -0.15) is 0 Å². The molecule has 0 fully saturated rings. The maximum atomic E-state index is 11.5. The molecule has 19 heavy (non-hydrogen) atoms. The molecular weight excluding hydrogens is 248 g/mol. The Hall–Kier alpha value is -2.17. The lowest BCUT2D eigenvalue weighted by Gasteiger charge is -2.19. The first-order valence-corrected chi connectivity index (χ1v) is 5.84. The van der Waals surface area contributed by atoms with Crippen LogP contribution in [-0.2, 0) is 9.53 Å². The van der Waals surface area contributed by atoms with Crippen LogP contribution in [0.3, 0.4) is 0 Å². The molecule has 5 nitrogen and oxygen atoms in total. The van der Waals surface area contributed by atoms with Crippen LogP contribution in [0.2, 0.25) is 0 Å². The SMILES string of the molecule is COc1cc2c(c(OC)c1OC)C=CC(=O)OC2C. The quantitative estimate of drug-likeness (QED) is 0.784. The van der Waals surface area contributed by atoms with Crippen molar-refractivity contribution in [1.82, 2.24) is 0 Å². The van der Waals surface area contributed by atoms with E-state index in [1.165, 1.54) is 13.2 Å². The van der Waals surface area contributed by atoms with Gasteiger partial charge in [-0.25, -0.2) is 4.79 Å². The van der Waals surface area contributed by atoms with Crippen molar-refractivity contribution in [3.63, 3.8) is 0 Å². The van der Waals surface area contributed by atoms with Gasteiger partial charge in [0.1, 0.15) is 6.10 Å². The van der Waals surface area contributed by atoms with E-state index < -0.39 is 0 Å². The Morgan fingerprint density at radius 2 is 1.74 bits per heavy atom. The second kappa shape index (κ2) is 5.22. The summed E-state index contributed by atoms with van der Waals surface area (Å²) < 4.78 is 21.2. The van der Waals surface area contributed by atoms with E-state index in [1.807, 2.05) is 0 Å². The first kappa shape index (κ1) is 13.3. The number of carbonyl (C=O) groups excluding carboxylic acids is 1. The molecule has 0 aliphatic carbocycles. The van der Waals surface area contributed by atoms with E-state index in [2.05, 4.69) is 0 Å². The van der Waals surface area contributed by atoms with Crippen molar-refractivity contribution < 1.29 is 23.7 Å². The Balaban J connectivity index is 2.72. The topological polar surface area (TPSA) is 54.0 Å².